The summed E-state index contributed by atoms with van der Waals surface area (Å²) in [5.41, 5.74) is 6.99. The van der Waals surface area contributed by atoms with Crippen molar-refractivity contribution in [2.45, 2.75) is 25.1 Å². The molecule has 0 aromatic heterocycles. The number of nitrogen functional groups attached to an aromatic ring is 1. The summed E-state index contributed by atoms with van der Waals surface area (Å²) in [6.45, 7) is 3.35. The van der Waals surface area contributed by atoms with Crippen LogP contribution >= 0.6 is 0 Å². The molecule has 1 aromatic rings. The highest BCUT2D eigenvalue weighted by molar-refractivity contribution is 7.88. The lowest BCUT2D eigenvalue weighted by molar-refractivity contribution is 0.0313. The van der Waals surface area contributed by atoms with Gasteiger partial charge in [-0.1, -0.05) is 19.1 Å². The van der Waals surface area contributed by atoms with Crippen LogP contribution in [0.4, 0.5) is 5.69 Å². The Hall–Kier alpha value is -1.11. The standard InChI is InChI=1S/C13H20N2O3S/c1-2-13-9-18-7-6-15(13)19(16,17)10-11-4-3-5-12(14)8-11/h3-5,8,13H,2,6-7,9-10,14H2,1H3. The van der Waals surface area contributed by atoms with Crippen LogP contribution in [0.1, 0.15) is 18.9 Å². The first kappa shape index (κ1) is 14.3. The Bertz CT molecular complexity index is 530. The molecule has 6 heteroatoms. The Morgan fingerprint density at radius 1 is 1.47 bits per heavy atom. The van der Waals surface area contributed by atoms with E-state index >= 15 is 0 Å². The number of hydrogen-bond acceptors (Lipinski definition) is 4. The summed E-state index contributed by atoms with van der Waals surface area (Å²) in [5, 5.41) is 0. The summed E-state index contributed by atoms with van der Waals surface area (Å²) in [7, 11) is -3.32. The first-order valence-corrected chi connectivity index (χ1v) is 8.05. The van der Waals surface area contributed by atoms with Crippen LogP contribution in [-0.4, -0.2) is 38.5 Å². The first-order valence-electron chi connectivity index (χ1n) is 6.44. The van der Waals surface area contributed by atoms with Crippen LogP contribution in [0.15, 0.2) is 24.3 Å². The summed E-state index contributed by atoms with van der Waals surface area (Å²) < 4.78 is 31.8. The van der Waals surface area contributed by atoms with E-state index in [1.54, 1.807) is 28.6 Å². The van der Waals surface area contributed by atoms with Gasteiger partial charge in [-0.25, -0.2) is 8.42 Å². The van der Waals surface area contributed by atoms with Gasteiger partial charge in [0.25, 0.3) is 0 Å². The van der Waals surface area contributed by atoms with Gasteiger partial charge in [0, 0.05) is 18.3 Å². The zero-order valence-corrected chi connectivity index (χ0v) is 11.9. The van der Waals surface area contributed by atoms with Crippen molar-refractivity contribution >= 4 is 15.7 Å². The van der Waals surface area contributed by atoms with Crippen molar-refractivity contribution in [2.75, 3.05) is 25.5 Å². The van der Waals surface area contributed by atoms with E-state index in [1.807, 2.05) is 6.92 Å². The Morgan fingerprint density at radius 2 is 2.26 bits per heavy atom. The molecule has 2 N–H and O–H groups in total. The normalized spacial score (nSPS) is 21.4. The number of sulfonamides is 1. The highest BCUT2D eigenvalue weighted by Gasteiger charge is 2.31. The molecule has 1 atom stereocenters. The van der Waals surface area contributed by atoms with Crippen LogP contribution in [0.2, 0.25) is 0 Å². The average Bonchev–Trinajstić information content (AvgIpc) is 2.38. The van der Waals surface area contributed by atoms with Crippen LogP contribution < -0.4 is 5.73 Å². The predicted octanol–water partition coefficient (Wildman–Crippen LogP) is 1.21. The molecule has 1 aliphatic rings. The second-order valence-corrected chi connectivity index (χ2v) is 6.67. The van der Waals surface area contributed by atoms with Crippen LogP contribution in [0.5, 0.6) is 0 Å². The Morgan fingerprint density at radius 3 is 2.95 bits per heavy atom. The Kier molecular flexibility index (Phi) is 4.44. The smallest absolute Gasteiger partial charge is 0.218 e. The third-order valence-electron chi connectivity index (χ3n) is 3.30. The van der Waals surface area contributed by atoms with Crippen molar-refractivity contribution in [1.82, 2.24) is 4.31 Å². The van der Waals surface area contributed by atoms with Gasteiger partial charge in [0.2, 0.25) is 10.0 Å². The van der Waals surface area contributed by atoms with Gasteiger partial charge >= 0.3 is 0 Å². The van der Waals surface area contributed by atoms with E-state index in [2.05, 4.69) is 0 Å². The van der Waals surface area contributed by atoms with Gasteiger partial charge in [0.05, 0.1) is 19.0 Å². The Labute approximate surface area is 114 Å². The summed E-state index contributed by atoms with van der Waals surface area (Å²) in [6.07, 6.45) is 0.760. The molecule has 0 saturated carbocycles. The van der Waals surface area contributed by atoms with Crippen LogP contribution in [0, 0.1) is 0 Å². The molecule has 5 nitrogen and oxygen atoms in total. The van der Waals surface area contributed by atoms with Gasteiger partial charge in [0.15, 0.2) is 0 Å². The zero-order valence-electron chi connectivity index (χ0n) is 11.1. The number of morpholine rings is 1. The Balaban J connectivity index is 2.17. The second kappa shape index (κ2) is 5.90. The number of hydrogen-bond donors (Lipinski definition) is 1. The van der Waals surface area contributed by atoms with E-state index in [1.165, 1.54) is 0 Å². The average molecular weight is 284 g/mol. The van der Waals surface area contributed by atoms with Crippen LogP contribution in [0.3, 0.4) is 0 Å². The minimum absolute atomic E-state index is 0.00542. The molecule has 106 valence electrons. The topological polar surface area (TPSA) is 72.6 Å². The van der Waals surface area contributed by atoms with E-state index in [0.29, 0.717) is 25.4 Å². The van der Waals surface area contributed by atoms with Gasteiger partial charge in [-0.2, -0.15) is 4.31 Å². The zero-order chi connectivity index (χ0) is 13.9. The van der Waals surface area contributed by atoms with Crippen LogP contribution in [0.25, 0.3) is 0 Å². The number of rotatable bonds is 4. The maximum atomic E-state index is 12.5. The monoisotopic (exact) mass is 284 g/mol. The fraction of sp³-hybridized carbons (Fsp3) is 0.538. The van der Waals surface area contributed by atoms with Gasteiger partial charge in [-0.15, -0.1) is 0 Å². The van der Waals surface area contributed by atoms with Gasteiger partial charge in [-0.05, 0) is 24.1 Å². The maximum Gasteiger partial charge on any atom is 0.218 e. The van der Waals surface area contributed by atoms with Gasteiger partial charge in [0.1, 0.15) is 0 Å². The summed E-state index contributed by atoms with van der Waals surface area (Å²) in [5.74, 6) is -0.00542. The molecule has 2 rings (SSSR count). The molecule has 1 saturated heterocycles. The molecule has 1 fully saturated rings. The number of anilines is 1. The number of nitrogens with zero attached hydrogens (tertiary/aromatic N) is 1. The molecule has 0 spiro atoms. The number of ether oxygens (including phenoxy) is 1. The van der Waals surface area contributed by atoms with Gasteiger partial charge < -0.3 is 10.5 Å². The summed E-state index contributed by atoms with van der Waals surface area (Å²) >= 11 is 0. The summed E-state index contributed by atoms with van der Waals surface area (Å²) in [4.78, 5) is 0. The fourth-order valence-electron chi connectivity index (χ4n) is 2.30. The molecule has 0 aliphatic carbocycles. The largest absolute Gasteiger partial charge is 0.399 e. The van der Waals surface area contributed by atoms with Crippen molar-refractivity contribution < 1.29 is 13.2 Å². The van der Waals surface area contributed by atoms with Crippen molar-refractivity contribution in [3.8, 4) is 0 Å². The first-order chi connectivity index (χ1) is 9.03. The third-order valence-corrected chi connectivity index (χ3v) is 5.20. The van der Waals surface area contributed by atoms with E-state index in [-0.39, 0.29) is 11.8 Å². The molecule has 1 aromatic carbocycles. The minimum atomic E-state index is -3.32. The SMILES string of the molecule is CCC1COCCN1S(=O)(=O)Cc1cccc(N)c1. The van der Waals surface area contributed by atoms with Crippen molar-refractivity contribution in [2.24, 2.45) is 0 Å². The summed E-state index contributed by atoms with van der Waals surface area (Å²) in [6, 6.07) is 6.96. The molecule has 0 bridgehead atoms. The lowest BCUT2D eigenvalue weighted by Gasteiger charge is -2.34. The highest BCUT2D eigenvalue weighted by atomic mass is 32.2. The molecule has 1 aliphatic heterocycles. The highest BCUT2D eigenvalue weighted by Crippen LogP contribution is 2.19. The molecule has 19 heavy (non-hydrogen) atoms. The lowest BCUT2D eigenvalue weighted by atomic mass is 10.2. The van der Waals surface area contributed by atoms with Crippen LogP contribution in [-0.2, 0) is 20.5 Å². The van der Waals surface area contributed by atoms with Crippen molar-refractivity contribution in [1.29, 1.82) is 0 Å². The van der Waals surface area contributed by atoms with E-state index < -0.39 is 10.0 Å². The second-order valence-electron chi connectivity index (χ2n) is 4.75. The lowest BCUT2D eigenvalue weighted by Crippen LogP contribution is -2.48. The quantitative estimate of drug-likeness (QED) is 0.844. The molecular weight excluding hydrogens is 264 g/mol. The fourth-order valence-corrected chi connectivity index (χ4v) is 4.09. The maximum absolute atomic E-state index is 12.5. The van der Waals surface area contributed by atoms with Gasteiger partial charge in [-0.3, -0.25) is 0 Å². The molecule has 0 radical (unpaired) electrons. The van der Waals surface area contributed by atoms with E-state index in [9.17, 15) is 8.42 Å². The van der Waals surface area contributed by atoms with Crippen molar-refractivity contribution in [3.05, 3.63) is 29.8 Å². The third kappa shape index (κ3) is 3.46. The van der Waals surface area contributed by atoms with E-state index in [0.717, 1.165) is 12.0 Å². The number of benzene rings is 1. The molecular formula is C13H20N2O3S. The molecule has 0 amide bonds. The predicted molar refractivity (Wildman–Crippen MR) is 75.1 cm³/mol. The minimum Gasteiger partial charge on any atom is -0.399 e. The van der Waals surface area contributed by atoms with Crippen molar-refractivity contribution in [3.63, 3.8) is 0 Å². The van der Waals surface area contributed by atoms with E-state index in [4.69, 9.17) is 10.5 Å². The molecule has 1 heterocycles. The number of nitrogens with two attached hydrogens (primary N) is 1. The molecule has 1 unspecified atom stereocenters.